The highest BCUT2D eigenvalue weighted by Gasteiger charge is 2.31. The minimum absolute atomic E-state index is 0.0181. The van der Waals surface area contributed by atoms with Gasteiger partial charge in [0.15, 0.2) is 0 Å². The van der Waals surface area contributed by atoms with Crippen molar-refractivity contribution >= 4 is 39.1 Å². The van der Waals surface area contributed by atoms with Crippen molar-refractivity contribution in [1.82, 2.24) is 0 Å². The van der Waals surface area contributed by atoms with E-state index in [0.717, 1.165) is 11.3 Å². The molecular weight excluding hydrogens is 296 g/mol. The van der Waals surface area contributed by atoms with Gasteiger partial charge in [-0.25, -0.2) is 4.39 Å². The van der Waals surface area contributed by atoms with Crippen LogP contribution >= 0.6 is 27.5 Å². The number of carbonyl (C=O) groups excluding carboxylic acids is 1. The molecule has 16 heavy (non-hydrogen) atoms. The fraction of sp³-hybridized carbons (Fsp3) is 0.364. The Bertz CT molecular complexity index is 429. The molecule has 1 amide bonds. The third-order valence-electron chi connectivity index (χ3n) is 2.57. The van der Waals surface area contributed by atoms with Crippen molar-refractivity contribution < 1.29 is 9.18 Å². The number of amides is 1. The van der Waals surface area contributed by atoms with Crippen molar-refractivity contribution in [2.75, 3.05) is 11.4 Å². The predicted octanol–water partition coefficient (Wildman–Crippen LogP) is 3.24. The van der Waals surface area contributed by atoms with Crippen LogP contribution in [0.1, 0.15) is 12.0 Å². The number of hydrogen-bond donors (Lipinski definition) is 0. The van der Waals surface area contributed by atoms with Crippen LogP contribution in [0.25, 0.3) is 0 Å². The molecule has 2 nitrogen and oxygen atoms in total. The van der Waals surface area contributed by atoms with E-state index in [9.17, 15) is 9.18 Å². The second kappa shape index (κ2) is 4.34. The van der Waals surface area contributed by atoms with Crippen LogP contribution in [-0.4, -0.2) is 17.8 Å². The van der Waals surface area contributed by atoms with Gasteiger partial charge >= 0.3 is 0 Å². The van der Waals surface area contributed by atoms with Gasteiger partial charge < -0.3 is 4.90 Å². The average Bonchev–Trinajstić information content (AvgIpc) is 2.43. The van der Waals surface area contributed by atoms with Gasteiger partial charge in [0.05, 0.1) is 11.1 Å². The summed E-state index contributed by atoms with van der Waals surface area (Å²) in [6, 6.07) is 2.77. The van der Waals surface area contributed by atoms with Crippen LogP contribution in [0, 0.1) is 12.7 Å². The van der Waals surface area contributed by atoms with Gasteiger partial charge in [-0.05, 0) is 40.5 Å². The first-order valence-electron chi connectivity index (χ1n) is 4.89. The Labute approximate surface area is 107 Å². The molecule has 86 valence electrons. The Hall–Kier alpha value is -0.610. The van der Waals surface area contributed by atoms with Crippen molar-refractivity contribution in [3.05, 3.63) is 28.0 Å². The van der Waals surface area contributed by atoms with E-state index in [-0.39, 0.29) is 17.1 Å². The van der Waals surface area contributed by atoms with Gasteiger partial charge in [-0.2, -0.15) is 0 Å². The molecule has 0 aliphatic carbocycles. The molecule has 0 saturated carbocycles. The highest BCUT2D eigenvalue weighted by atomic mass is 79.9. The highest BCUT2D eigenvalue weighted by Crippen LogP contribution is 2.34. The van der Waals surface area contributed by atoms with E-state index in [1.165, 1.54) is 12.1 Å². The lowest BCUT2D eigenvalue weighted by Crippen LogP contribution is -2.25. The van der Waals surface area contributed by atoms with Crippen molar-refractivity contribution in [3.8, 4) is 0 Å². The monoisotopic (exact) mass is 305 g/mol. The fourth-order valence-electron chi connectivity index (χ4n) is 1.92. The van der Waals surface area contributed by atoms with Gasteiger partial charge in [-0.1, -0.05) is 0 Å². The first-order chi connectivity index (χ1) is 7.49. The third-order valence-corrected chi connectivity index (χ3v) is 3.46. The molecule has 5 heteroatoms. The zero-order valence-corrected chi connectivity index (χ0v) is 11.0. The Morgan fingerprint density at radius 2 is 2.25 bits per heavy atom. The molecule has 1 aromatic rings. The van der Waals surface area contributed by atoms with Crippen LogP contribution in [0.3, 0.4) is 0 Å². The maximum Gasteiger partial charge on any atom is 0.228 e. The second-order valence-corrected chi connectivity index (χ2v) is 5.33. The Balaban J connectivity index is 2.44. The molecule has 1 unspecified atom stereocenters. The fourth-order valence-corrected chi connectivity index (χ4v) is 2.93. The SMILES string of the molecule is Cc1cc(F)cc(Br)c1N1CC(Cl)CC1=O. The molecule has 0 aromatic heterocycles. The summed E-state index contributed by atoms with van der Waals surface area (Å²) in [6.45, 7) is 2.25. The lowest BCUT2D eigenvalue weighted by molar-refractivity contribution is -0.117. The molecule has 1 saturated heterocycles. The molecule has 1 fully saturated rings. The topological polar surface area (TPSA) is 20.3 Å². The molecule has 1 aromatic carbocycles. The van der Waals surface area contributed by atoms with E-state index in [4.69, 9.17) is 11.6 Å². The molecule has 1 atom stereocenters. The number of halogens is 3. The number of hydrogen-bond acceptors (Lipinski definition) is 1. The van der Waals surface area contributed by atoms with Crippen LogP contribution < -0.4 is 4.90 Å². The Kier molecular flexibility index (Phi) is 3.22. The Morgan fingerprint density at radius 3 is 2.75 bits per heavy atom. The van der Waals surface area contributed by atoms with Gasteiger partial charge in [0.1, 0.15) is 5.82 Å². The average molecular weight is 307 g/mol. The number of aryl methyl sites for hydroxylation is 1. The smallest absolute Gasteiger partial charge is 0.228 e. The molecule has 0 bridgehead atoms. The van der Waals surface area contributed by atoms with Crippen LogP contribution in [0.15, 0.2) is 16.6 Å². The van der Waals surface area contributed by atoms with E-state index in [2.05, 4.69) is 15.9 Å². The highest BCUT2D eigenvalue weighted by molar-refractivity contribution is 9.10. The lowest BCUT2D eigenvalue weighted by Gasteiger charge is -2.20. The van der Waals surface area contributed by atoms with E-state index >= 15 is 0 Å². The molecular formula is C11H10BrClFNO. The molecule has 1 aliphatic rings. The number of benzene rings is 1. The maximum absolute atomic E-state index is 13.1. The van der Waals surface area contributed by atoms with Crippen LogP contribution in [-0.2, 0) is 4.79 Å². The standard InChI is InChI=1S/C11H10BrClFNO/c1-6-2-8(14)4-9(12)11(6)15-5-7(13)3-10(15)16/h2,4,7H,3,5H2,1H3. The van der Waals surface area contributed by atoms with E-state index in [0.29, 0.717) is 17.4 Å². The largest absolute Gasteiger partial charge is 0.309 e. The summed E-state index contributed by atoms with van der Waals surface area (Å²) in [5.41, 5.74) is 1.44. The predicted molar refractivity (Wildman–Crippen MR) is 65.4 cm³/mol. The van der Waals surface area contributed by atoms with Gasteiger partial charge in [-0.3, -0.25) is 4.79 Å². The first kappa shape index (κ1) is 11.9. The van der Waals surface area contributed by atoms with Crippen LogP contribution in [0.5, 0.6) is 0 Å². The number of carbonyl (C=O) groups is 1. The van der Waals surface area contributed by atoms with Crippen molar-refractivity contribution in [2.24, 2.45) is 0 Å². The lowest BCUT2D eigenvalue weighted by atomic mass is 10.2. The molecule has 0 spiro atoms. The third kappa shape index (κ3) is 2.09. The summed E-state index contributed by atoms with van der Waals surface area (Å²) in [4.78, 5) is 13.3. The summed E-state index contributed by atoms with van der Waals surface area (Å²) in [5.74, 6) is -0.336. The molecule has 0 N–H and O–H groups in total. The molecule has 1 heterocycles. The van der Waals surface area contributed by atoms with E-state index in [1.54, 1.807) is 11.8 Å². The Morgan fingerprint density at radius 1 is 1.56 bits per heavy atom. The minimum Gasteiger partial charge on any atom is -0.309 e. The molecule has 2 rings (SSSR count). The van der Waals surface area contributed by atoms with Crippen molar-refractivity contribution in [2.45, 2.75) is 18.7 Å². The van der Waals surface area contributed by atoms with E-state index < -0.39 is 0 Å². The van der Waals surface area contributed by atoms with Gasteiger partial charge in [0, 0.05) is 17.4 Å². The molecule has 0 radical (unpaired) electrons. The summed E-state index contributed by atoms with van der Waals surface area (Å²) in [6.07, 6.45) is 0.338. The minimum atomic E-state index is -0.317. The summed E-state index contributed by atoms with van der Waals surface area (Å²) >= 11 is 9.21. The summed E-state index contributed by atoms with van der Waals surface area (Å²) in [7, 11) is 0. The van der Waals surface area contributed by atoms with Gasteiger partial charge in [0.2, 0.25) is 5.91 Å². The maximum atomic E-state index is 13.1. The second-order valence-electron chi connectivity index (χ2n) is 3.86. The van der Waals surface area contributed by atoms with Crippen LogP contribution in [0.2, 0.25) is 0 Å². The zero-order chi connectivity index (χ0) is 11.9. The molecule has 1 aliphatic heterocycles. The zero-order valence-electron chi connectivity index (χ0n) is 8.64. The van der Waals surface area contributed by atoms with Crippen LogP contribution in [0.4, 0.5) is 10.1 Å². The number of rotatable bonds is 1. The van der Waals surface area contributed by atoms with E-state index in [1.807, 2.05) is 0 Å². The quantitative estimate of drug-likeness (QED) is 0.729. The summed E-state index contributed by atoms with van der Waals surface area (Å²) in [5, 5.41) is -0.163. The van der Waals surface area contributed by atoms with Gasteiger partial charge in [0.25, 0.3) is 0 Å². The number of anilines is 1. The summed E-state index contributed by atoms with van der Waals surface area (Å²) < 4.78 is 13.7. The number of nitrogens with zero attached hydrogens (tertiary/aromatic N) is 1. The van der Waals surface area contributed by atoms with Gasteiger partial charge in [-0.15, -0.1) is 11.6 Å². The van der Waals surface area contributed by atoms with Crippen molar-refractivity contribution in [1.29, 1.82) is 0 Å². The van der Waals surface area contributed by atoms with Crippen molar-refractivity contribution in [3.63, 3.8) is 0 Å². The number of alkyl halides is 1. The normalized spacial score (nSPS) is 20.6. The first-order valence-corrected chi connectivity index (χ1v) is 6.12.